The van der Waals surface area contributed by atoms with Crippen LogP contribution in [-0.4, -0.2) is 92.5 Å². The van der Waals surface area contributed by atoms with Crippen molar-refractivity contribution < 1.29 is 23.8 Å². The topological polar surface area (TPSA) is 83.9 Å². The fraction of sp³-hybridized carbons (Fsp3) is 0.367. The van der Waals surface area contributed by atoms with Crippen molar-refractivity contribution in [3.05, 3.63) is 81.0 Å². The van der Waals surface area contributed by atoms with E-state index in [9.17, 15) is 9.59 Å². The summed E-state index contributed by atoms with van der Waals surface area (Å²) in [5, 5.41) is 8.62. The van der Waals surface area contributed by atoms with E-state index in [4.69, 9.17) is 30.9 Å². The first-order chi connectivity index (χ1) is 20.0. The van der Waals surface area contributed by atoms with E-state index in [1.54, 1.807) is 54.7 Å². The second kappa shape index (κ2) is 13.5. The molecule has 1 aromatic heterocycles. The summed E-state index contributed by atoms with van der Waals surface area (Å²) in [6.45, 7) is 3.67. The molecular weight excluding hydrogens is 564 g/mol. The van der Waals surface area contributed by atoms with Gasteiger partial charge in [0.15, 0.2) is 0 Å². The predicted molar refractivity (Wildman–Crippen MR) is 159 cm³/mol. The standard InChI is InChI=1S/C30H33ClN4O5S/c1-38-21-9-10-27(39-2)23(18-21)26-19-25(28-8-5-17-41-28)32-35(26)29(36)20-34(12-11-33-13-15-40-16-14-33)30(37)22-6-3-4-7-24(22)31/h3-10,17-18,26H,11-16,19-20H2,1-2H3/t26-/m0/s1. The Labute approximate surface area is 248 Å². The van der Waals surface area contributed by atoms with E-state index < -0.39 is 6.04 Å². The van der Waals surface area contributed by atoms with Crippen LogP contribution >= 0.6 is 22.9 Å². The number of hydrogen-bond donors (Lipinski definition) is 0. The van der Waals surface area contributed by atoms with Gasteiger partial charge >= 0.3 is 0 Å². The van der Waals surface area contributed by atoms with Crippen molar-refractivity contribution in [2.75, 3.05) is 60.2 Å². The third kappa shape index (κ3) is 6.73. The van der Waals surface area contributed by atoms with E-state index in [-0.39, 0.29) is 18.4 Å². The third-order valence-electron chi connectivity index (χ3n) is 7.27. The Kier molecular flexibility index (Phi) is 9.56. The largest absolute Gasteiger partial charge is 0.497 e. The molecule has 1 saturated heterocycles. The van der Waals surface area contributed by atoms with E-state index in [1.807, 2.05) is 35.7 Å². The van der Waals surface area contributed by atoms with Gasteiger partial charge in [-0.15, -0.1) is 11.3 Å². The molecule has 2 amide bonds. The number of thiophene rings is 1. The minimum absolute atomic E-state index is 0.154. The predicted octanol–water partition coefficient (Wildman–Crippen LogP) is 4.57. The molecule has 0 unspecified atom stereocenters. The van der Waals surface area contributed by atoms with Gasteiger partial charge in [0.25, 0.3) is 11.8 Å². The quantitative estimate of drug-likeness (QED) is 0.341. The second-order valence-electron chi connectivity index (χ2n) is 9.75. The average Bonchev–Trinajstić information content (AvgIpc) is 3.70. The average molecular weight is 597 g/mol. The highest BCUT2D eigenvalue weighted by Gasteiger charge is 2.37. The third-order valence-corrected chi connectivity index (χ3v) is 8.52. The molecule has 216 valence electrons. The summed E-state index contributed by atoms with van der Waals surface area (Å²) in [4.78, 5) is 32.6. The Morgan fingerprint density at radius 2 is 1.90 bits per heavy atom. The first kappa shape index (κ1) is 29.1. The van der Waals surface area contributed by atoms with Crippen LogP contribution in [0.5, 0.6) is 11.5 Å². The number of carbonyl (C=O) groups excluding carboxylic acids is 2. The van der Waals surface area contributed by atoms with Gasteiger partial charge < -0.3 is 19.1 Å². The zero-order chi connectivity index (χ0) is 28.8. The Morgan fingerprint density at radius 3 is 2.61 bits per heavy atom. The zero-order valence-electron chi connectivity index (χ0n) is 23.1. The number of carbonyl (C=O) groups is 2. The SMILES string of the molecule is COc1ccc(OC)c([C@@H]2CC(c3cccs3)=NN2C(=O)CN(CCN2CCOCC2)C(=O)c2ccccc2Cl)c1. The highest BCUT2D eigenvalue weighted by atomic mass is 35.5. The van der Waals surface area contributed by atoms with Crippen molar-refractivity contribution >= 4 is 40.5 Å². The van der Waals surface area contributed by atoms with E-state index in [0.717, 1.165) is 29.2 Å². The molecule has 2 aromatic carbocycles. The van der Waals surface area contributed by atoms with Crippen LogP contribution in [0, 0.1) is 0 Å². The van der Waals surface area contributed by atoms with Crippen LogP contribution in [-0.2, 0) is 9.53 Å². The molecule has 0 N–H and O–H groups in total. The summed E-state index contributed by atoms with van der Waals surface area (Å²) in [7, 11) is 3.20. The van der Waals surface area contributed by atoms with Crippen LogP contribution in [0.2, 0.25) is 5.02 Å². The first-order valence-electron chi connectivity index (χ1n) is 13.5. The second-order valence-corrected chi connectivity index (χ2v) is 11.1. The molecule has 0 radical (unpaired) electrons. The van der Waals surface area contributed by atoms with E-state index >= 15 is 0 Å². The number of nitrogens with zero attached hydrogens (tertiary/aromatic N) is 4. The lowest BCUT2D eigenvalue weighted by molar-refractivity contribution is -0.133. The van der Waals surface area contributed by atoms with Gasteiger partial charge in [-0.25, -0.2) is 5.01 Å². The number of rotatable bonds is 10. The Bertz CT molecular complexity index is 1390. The zero-order valence-corrected chi connectivity index (χ0v) is 24.7. The normalized spacial score (nSPS) is 17.3. The molecule has 0 saturated carbocycles. The Balaban J connectivity index is 1.45. The maximum atomic E-state index is 14.1. The summed E-state index contributed by atoms with van der Waals surface area (Å²) in [5.41, 5.74) is 1.95. The van der Waals surface area contributed by atoms with Gasteiger partial charge in [0.2, 0.25) is 0 Å². The van der Waals surface area contributed by atoms with Crippen LogP contribution in [0.4, 0.5) is 0 Å². The highest BCUT2D eigenvalue weighted by molar-refractivity contribution is 7.12. The lowest BCUT2D eigenvalue weighted by atomic mass is 9.99. The molecule has 0 bridgehead atoms. The van der Waals surface area contributed by atoms with Crippen LogP contribution in [0.25, 0.3) is 0 Å². The summed E-state index contributed by atoms with van der Waals surface area (Å²) in [6.07, 6.45) is 0.502. The first-order valence-corrected chi connectivity index (χ1v) is 14.7. The van der Waals surface area contributed by atoms with Crippen molar-refractivity contribution in [3.63, 3.8) is 0 Å². The molecular formula is C30H33ClN4O5S. The van der Waals surface area contributed by atoms with Crippen molar-refractivity contribution in [1.82, 2.24) is 14.8 Å². The summed E-state index contributed by atoms with van der Waals surface area (Å²) >= 11 is 7.97. The lowest BCUT2D eigenvalue weighted by Gasteiger charge is -2.31. The number of amides is 2. The number of hydrazone groups is 1. The molecule has 41 heavy (non-hydrogen) atoms. The van der Waals surface area contributed by atoms with Crippen LogP contribution < -0.4 is 9.47 Å². The number of benzene rings is 2. The minimum Gasteiger partial charge on any atom is -0.497 e. The van der Waals surface area contributed by atoms with Crippen molar-refractivity contribution in [3.8, 4) is 11.5 Å². The van der Waals surface area contributed by atoms with Gasteiger partial charge in [-0.05, 0) is 41.8 Å². The molecule has 1 fully saturated rings. The summed E-state index contributed by atoms with van der Waals surface area (Å²) in [6, 6.07) is 16.0. The van der Waals surface area contributed by atoms with Gasteiger partial charge in [0.1, 0.15) is 18.0 Å². The number of ether oxygens (including phenoxy) is 3. The summed E-state index contributed by atoms with van der Waals surface area (Å²) < 4.78 is 16.6. The van der Waals surface area contributed by atoms with Gasteiger partial charge in [-0.1, -0.05) is 29.8 Å². The molecule has 1 atom stereocenters. The van der Waals surface area contributed by atoms with E-state index in [0.29, 0.717) is 54.8 Å². The molecule has 3 aromatic rings. The van der Waals surface area contributed by atoms with E-state index in [2.05, 4.69) is 4.90 Å². The summed E-state index contributed by atoms with van der Waals surface area (Å²) in [5.74, 6) is 0.689. The van der Waals surface area contributed by atoms with Crippen molar-refractivity contribution in [2.24, 2.45) is 5.10 Å². The van der Waals surface area contributed by atoms with Gasteiger partial charge in [-0.2, -0.15) is 5.10 Å². The fourth-order valence-electron chi connectivity index (χ4n) is 5.05. The molecule has 9 nitrogen and oxygen atoms in total. The Hall–Kier alpha value is -3.44. The highest BCUT2D eigenvalue weighted by Crippen LogP contribution is 2.40. The molecule has 0 aliphatic carbocycles. The monoisotopic (exact) mass is 596 g/mol. The van der Waals surface area contributed by atoms with Gasteiger partial charge in [-0.3, -0.25) is 14.5 Å². The van der Waals surface area contributed by atoms with Gasteiger partial charge in [0.05, 0.1) is 54.7 Å². The number of hydrogen-bond acceptors (Lipinski definition) is 8. The van der Waals surface area contributed by atoms with E-state index in [1.165, 1.54) is 5.01 Å². The minimum atomic E-state index is -0.429. The molecule has 3 heterocycles. The Morgan fingerprint density at radius 1 is 1.10 bits per heavy atom. The smallest absolute Gasteiger partial charge is 0.262 e. The molecule has 0 spiro atoms. The number of methoxy groups -OCH3 is 2. The van der Waals surface area contributed by atoms with Crippen LogP contribution in [0.3, 0.4) is 0 Å². The van der Waals surface area contributed by atoms with Crippen LogP contribution in [0.1, 0.15) is 33.3 Å². The lowest BCUT2D eigenvalue weighted by Crippen LogP contribution is -2.46. The molecule has 2 aliphatic heterocycles. The maximum Gasteiger partial charge on any atom is 0.262 e. The molecule has 11 heteroatoms. The van der Waals surface area contributed by atoms with Crippen LogP contribution in [0.15, 0.2) is 65.1 Å². The number of morpholine rings is 1. The molecule has 5 rings (SSSR count). The fourth-order valence-corrected chi connectivity index (χ4v) is 5.99. The van der Waals surface area contributed by atoms with Gasteiger partial charge in [0, 0.05) is 38.2 Å². The maximum absolute atomic E-state index is 14.1. The van der Waals surface area contributed by atoms with Crippen molar-refractivity contribution in [2.45, 2.75) is 12.5 Å². The number of halogens is 1. The molecule has 2 aliphatic rings. The van der Waals surface area contributed by atoms with Crippen molar-refractivity contribution in [1.29, 1.82) is 0 Å².